The molecule has 0 aliphatic heterocycles. The van der Waals surface area contributed by atoms with Gasteiger partial charge in [-0.25, -0.2) is 4.98 Å². The van der Waals surface area contributed by atoms with Crippen LogP contribution in [0.3, 0.4) is 0 Å². The first-order valence-electron chi connectivity index (χ1n) is 25.2. The van der Waals surface area contributed by atoms with Crippen molar-refractivity contribution in [2.75, 3.05) is 0 Å². The second-order valence-electron chi connectivity index (χ2n) is 14.8. The van der Waals surface area contributed by atoms with Gasteiger partial charge in [-0.3, -0.25) is 9.55 Å². The Bertz CT molecular complexity index is 3420. The zero-order valence-corrected chi connectivity index (χ0v) is 35.0. The zero-order chi connectivity index (χ0) is 50.8. The van der Waals surface area contributed by atoms with E-state index in [4.69, 9.17) is 26.4 Å². The maximum absolute atomic E-state index is 11.7. The van der Waals surface area contributed by atoms with Crippen molar-refractivity contribution in [2.45, 2.75) is 46.7 Å². The molecule has 298 valence electrons. The molecule has 0 atom stereocenters. The van der Waals surface area contributed by atoms with E-state index in [1.54, 1.807) is 18.3 Å². The van der Waals surface area contributed by atoms with E-state index in [9.17, 15) is 5.11 Å². The number of benzene rings is 7. The van der Waals surface area contributed by atoms with Gasteiger partial charge in [0, 0.05) is 55.1 Å². The number of aryl methyl sites for hydroxylation is 3. The summed E-state index contributed by atoms with van der Waals surface area (Å²) in [6.07, 6.45) is 1.61. The van der Waals surface area contributed by atoms with Gasteiger partial charge < -0.3 is 5.11 Å². The summed E-state index contributed by atoms with van der Waals surface area (Å²) in [4.78, 5) is 10.1. The molecule has 1 N–H and O–H groups in total. The molecule has 0 fully saturated rings. The molecule has 60 heavy (non-hydrogen) atoms. The van der Waals surface area contributed by atoms with E-state index >= 15 is 0 Å². The molecule has 0 saturated heterocycles. The largest absolute Gasteiger partial charge is 0.507 e. The number of phenolic OH excluding ortho intramolecular Hbond substituents is 1. The molecule has 9 aromatic rings. The molecule has 0 saturated carbocycles. The molecular weight excluding hydrogens is 914 g/mol. The van der Waals surface area contributed by atoms with Crippen molar-refractivity contribution >= 4 is 11.0 Å². The Kier molecular flexibility index (Phi) is 7.68. The number of rotatable bonds is 7. The van der Waals surface area contributed by atoms with Crippen molar-refractivity contribution in [1.82, 2.24) is 14.5 Å². The van der Waals surface area contributed by atoms with Crippen molar-refractivity contribution in [3.05, 3.63) is 192 Å². The predicted octanol–water partition coefficient (Wildman–Crippen LogP) is 14.1. The first kappa shape index (κ1) is 28.2. The fourth-order valence-corrected chi connectivity index (χ4v) is 7.75. The van der Waals surface area contributed by atoms with E-state index in [1.807, 2.05) is 140 Å². The molecule has 0 radical (unpaired) electrons. The third-order valence-corrected chi connectivity index (χ3v) is 10.7. The molecule has 9 rings (SSSR count). The third kappa shape index (κ3) is 7.76. The molecule has 7 aromatic carbocycles. The van der Waals surface area contributed by atoms with Crippen LogP contribution >= 0.6 is 0 Å². The van der Waals surface area contributed by atoms with Crippen LogP contribution in [-0.4, -0.2) is 19.6 Å². The summed E-state index contributed by atoms with van der Waals surface area (Å²) in [7, 11) is 0. The smallest absolute Gasteiger partial charge is 0.148 e. The fraction of sp³-hybridized carbons (Fsp3) is 0.127. The predicted molar refractivity (Wildman–Crippen MR) is 245 cm³/mol. The minimum atomic E-state index is -3.39. The minimum Gasteiger partial charge on any atom is -0.507 e. The van der Waals surface area contributed by atoms with Gasteiger partial charge in [-0.1, -0.05) is 153 Å². The Balaban J connectivity index is 0.00000693. The molecule has 0 aliphatic rings. The molecule has 0 bridgehead atoms. The number of hydrogen-bond donors (Lipinski definition) is 1. The monoisotopic (exact) mass is 971 g/mol. The van der Waals surface area contributed by atoms with Crippen LogP contribution in [0.25, 0.3) is 83.9 Å². The number of para-hydroxylation sites is 1. The van der Waals surface area contributed by atoms with Crippen molar-refractivity contribution in [1.29, 1.82) is 0 Å². The summed E-state index contributed by atoms with van der Waals surface area (Å²) in [6, 6.07) is 50.7. The number of fused-ring (bicyclic) bond motifs is 1. The molecule has 4 nitrogen and oxygen atoms in total. The second-order valence-corrected chi connectivity index (χ2v) is 14.8. The van der Waals surface area contributed by atoms with Gasteiger partial charge in [-0.2, -0.15) is 0 Å². The molecule has 0 unspecified atom stereocenters. The molecule has 0 aliphatic carbocycles. The van der Waals surface area contributed by atoms with E-state index in [1.165, 1.54) is 24.3 Å². The van der Waals surface area contributed by atoms with Crippen molar-refractivity contribution < 1.29 is 42.6 Å². The van der Waals surface area contributed by atoms with Gasteiger partial charge in [0.05, 0.1) is 16.6 Å². The summed E-state index contributed by atoms with van der Waals surface area (Å²) < 4.78 is 101. The van der Waals surface area contributed by atoms with Crippen molar-refractivity contribution in [3.8, 4) is 78.6 Å². The Morgan fingerprint density at radius 1 is 0.600 bits per heavy atom. The summed E-state index contributed by atoms with van der Waals surface area (Å²) in [5.74, 6) is 0.437. The number of phenols is 1. The Morgan fingerprint density at radius 2 is 1.32 bits per heavy atom. The van der Waals surface area contributed by atoms with Crippen LogP contribution in [-0.2, 0) is 26.5 Å². The van der Waals surface area contributed by atoms with E-state index in [0.717, 1.165) is 22.3 Å². The van der Waals surface area contributed by atoms with Gasteiger partial charge in [0.15, 0.2) is 0 Å². The van der Waals surface area contributed by atoms with Crippen LogP contribution in [0.1, 0.15) is 59.3 Å². The SMILES string of the molecule is [2H]C([2H])([2H])c1cc(-n2c(-c3cc(C)cc(C)c3O)nc3c(-c4[c-]c(-c5cc(-c6ccc(C(C([2H])([2H])[2H])(C([2H])([2H])[2H])C([2H])([2H])[2H])cc6)ccn5)cc(-c5ccccc5)c4)cccc32)ccc1-c1ccccc1.[Pt]. The van der Waals surface area contributed by atoms with E-state index in [-0.39, 0.29) is 37.9 Å². The Morgan fingerprint density at radius 3 is 2.05 bits per heavy atom. The van der Waals surface area contributed by atoms with Crippen LogP contribution < -0.4 is 0 Å². The zero-order valence-electron chi connectivity index (χ0n) is 44.7. The topological polar surface area (TPSA) is 50.9 Å². The van der Waals surface area contributed by atoms with Crippen molar-refractivity contribution in [2.24, 2.45) is 0 Å². The molecular formula is C55H46N3OPt-. The number of pyridine rings is 1. The van der Waals surface area contributed by atoms with Gasteiger partial charge >= 0.3 is 0 Å². The van der Waals surface area contributed by atoms with Crippen LogP contribution in [0, 0.1) is 26.8 Å². The second kappa shape index (κ2) is 16.4. The molecule has 0 spiro atoms. The Hall–Kier alpha value is -6.35. The standard InChI is InChI=1S/C55H46N3O.Pt/c1-35-28-37(3)53(59)49(29-35)54-57-52-48(18-13-19-51(52)58(54)46-24-25-47(36(2)30-46)40-16-11-8-12-17-40)43-31-42(38-14-9-7-10-15-38)32-44(33-43)50-34-41(26-27-56-50)39-20-22-45(23-21-39)55(4,5)6;/h7-32,34,59H,1-6H3;/q-1;/i2D3,4D3,5D3,6D3;. The average molecular weight is 972 g/mol. The number of imidazole rings is 1. The molecule has 2 heterocycles. The van der Waals surface area contributed by atoms with Crippen LogP contribution in [0.4, 0.5) is 0 Å². The summed E-state index contributed by atoms with van der Waals surface area (Å²) in [6.45, 7) is -8.90. The van der Waals surface area contributed by atoms with E-state index in [0.29, 0.717) is 72.7 Å². The number of aromatic nitrogens is 3. The van der Waals surface area contributed by atoms with Crippen molar-refractivity contribution in [3.63, 3.8) is 0 Å². The van der Waals surface area contributed by atoms with Gasteiger partial charge in [0.25, 0.3) is 0 Å². The third-order valence-electron chi connectivity index (χ3n) is 10.7. The Labute approximate surface area is 384 Å². The van der Waals surface area contributed by atoms with Crippen LogP contribution in [0.2, 0.25) is 0 Å². The number of hydrogen-bond acceptors (Lipinski definition) is 3. The maximum Gasteiger partial charge on any atom is 0.148 e. The van der Waals surface area contributed by atoms with Gasteiger partial charge in [-0.15, -0.1) is 23.8 Å². The van der Waals surface area contributed by atoms with E-state index < -0.39 is 32.8 Å². The molecule has 0 amide bonds. The normalized spacial score (nSPS) is 15.2. The van der Waals surface area contributed by atoms with Crippen LogP contribution in [0.15, 0.2) is 164 Å². The number of aromatic hydroxyl groups is 1. The fourth-order valence-electron chi connectivity index (χ4n) is 7.75. The quantitative estimate of drug-likeness (QED) is 0.162. The maximum atomic E-state index is 11.7. The summed E-state index contributed by atoms with van der Waals surface area (Å²) in [5, 5.41) is 11.7. The van der Waals surface area contributed by atoms with Gasteiger partial charge in [0.2, 0.25) is 0 Å². The van der Waals surface area contributed by atoms with Gasteiger partial charge in [0.1, 0.15) is 11.6 Å². The van der Waals surface area contributed by atoms with Gasteiger partial charge in [-0.05, 0) is 107 Å². The summed E-state index contributed by atoms with van der Waals surface area (Å²) >= 11 is 0. The van der Waals surface area contributed by atoms with Crippen LogP contribution in [0.5, 0.6) is 5.75 Å². The van der Waals surface area contributed by atoms with E-state index in [2.05, 4.69) is 6.07 Å². The minimum absolute atomic E-state index is 0. The average Bonchev–Trinajstić information content (AvgIpc) is 3.71. The first-order chi connectivity index (χ1) is 33.5. The molecule has 5 heteroatoms. The molecule has 2 aromatic heterocycles. The number of nitrogens with zero attached hydrogens (tertiary/aromatic N) is 3. The first-order valence-corrected chi connectivity index (χ1v) is 19.2. The summed E-state index contributed by atoms with van der Waals surface area (Å²) in [5.41, 5.74) is 7.14.